The Bertz CT molecular complexity index is 1760. The van der Waals surface area contributed by atoms with E-state index < -0.39 is 5.97 Å². The quantitative estimate of drug-likeness (QED) is 0.252. The van der Waals surface area contributed by atoms with E-state index in [4.69, 9.17) is 31.0 Å². The summed E-state index contributed by atoms with van der Waals surface area (Å²) in [5, 5.41) is 14.3. The molecule has 10 nitrogen and oxygen atoms in total. The average Bonchev–Trinajstić information content (AvgIpc) is 3.53. The maximum Gasteiger partial charge on any atom is 0.335 e. The zero-order valence-corrected chi connectivity index (χ0v) is 23.8. The second kappa shape index (κ2) is 11.4. The maximum absolute atomic E-state index is 11.6. The lowest BCUT2D eigenvalue weighted by molar-refractivity contribution is -0.0592. The Morgan fingerprint density at radius 1 is 1.07 bits per heavy atom. The molecule has 1 N–H and O–H groups in total. The van der Waals surface area contributed by atoms with Crippen molar-refractivity contribution < 1.29 is 19.4 Å². The van der Waals surface area contributed by atoms with Gasteiger partial charge in [-0.25, -0.2) is 19.3 Å². The van der Waals surface area contributed by atoms with Gasteiger partial charge >= 0.3 is 5.97 Å². The molecule has 42 heavy (non-hydrogen) atoms. The highest BCUT2D eigenvalue weighted by Crippen LogP contribution is 2.30. The van der Waals surface area contributed by atoms with Crippen molar-refractivity contribution in [2.45, 2.75) is 51.0 Å². The van der Waals surface area contributed by atoms with Gasteiger partial charge in [0.25, 0.3) is 0 Å². The molecule has 0 bridgehead atoms. The highest BCUT2D eigenvalue weighted by atomic mass is 35.5. The molecule has 216 valence electrons. The van der Waals surface area contributed by atoms with Gasteiger partial charge in [0.05, 0.1) is 52.5 Å². The third kappa shape index (κ3) is 5.45. The Morgan fingerprint density at radius 2 is 1.93 bits per heavy atom. The van der Waals surface area contributed by atoms with Gasteiger partial charge in [0.1, 0.15) is 12.4 Å². The number of carboxylic acid groups (broad SMARTS) is 1. The topological polar surface area (TPSA) is 107 Å². The summed E-state index contributed by atoms with van der Waals surface area (Å²) in [6.07, 6.45) is 6.64. The van der Waals surface area contributed by atoms with E-state index >= 15 is 0 Å². The fourth-order valence-electron chi connectivity index (χ4n) is 5.83. The summed E-state index contributed by atoms with van der Waals surface area (Å²) in [6, 6.07) is 15.1. The van der Waals surface area contributed by atoms with Crippen LogP contribution in [0.1, 0.15) is 52.6 Å². The molecule has 2 saturated heterocycles. The SMILES string of the molecule is O=C(O)c1ccc2nc(CN3CCC(c4cccc(OCc5ccn6ncc(Cl)c6c5)n4)CC3)n(CC3CCO3)c2c1. The number of aromatic nitrogens is 5. The number of ether oxygens (including phenoxy) is 2. The van der Waals surface area contributed by atoms with Gasteiger partial charge in [-0.1, -0.05) is 17.7 Å². The summed E-state index contributed by atoms with van der Waals surface area (Å²) in [5.41, 5.74) is 4.84. The number of piperidine rings is 1. The Hall–Kier alpha value is -3.99. The third-order valence-electron chi connectivity index (χ3n) is 8.30. The van der Waals surface area contributed by atoms with Crippen LogP contribution in [0.25, 0.3) is 16.6 Å². The number of carboxylic acids is 1. The molecule has 6 heterocycles. The monoisotopic (exact) mass is 586 g/mol. The highest BCUT2D eigenvalue weighted by molar-refractivity contribution is 6.33. The predicted octanol–water partition coefficient (Wildman–Crippen LogP) is 5.18. The first-order valence-corrected chi connectivity index (χ1v) is 14.7. The van der Waals surface area contributed by atoms with E-state index in [1.165, 1.54) is 0 Å². The maximum atomic E-state index is 11.6. The Balaban J connectivity index is 1.00. The summed E-state index contributed by atoms with van der Waals surface area (Å²) in [4.78, 5) is 23.8. The number of hydrogen-bond donors (Lipinski definition) is 1. The van der Waals surface area contributed by atoms with Gasteiger partial charge in [0, 0.05) is 30.5 Å². The van der Waals surface area contributed by atoms with Crippen molar-refractivity contribution in [2.75, 3.05) is 19.7 Å². The lowest BCUT2D eigenvalue weighted by atomic mass is 9.93. The summed E-state index contributed by atoms with van der Waals surface area (Å²) in [6.45, 7) is 4.41. The summed E-state index contributed by atoms with van der Waals surface area (Å²) >= 11 is 6.23. The lowest BCUT2D eigenvalue weighted by Gasteiger charge is -2.32. The van der Waals surface area contributed by atoms with E-state index in [9.17, 15) is 9.90 Å². The fourth-order valence-corrected chi connectivity index (χ4v) is 6.01. The molecule has 2 fully saturated rings. The molecular formula is C31H31ClN6O4. The van der Waals surface area contributed by atoms with E-state index in [0.29, 0.717) is 36.5 Å². The number of fused-ring (bicyclic) bond motifs is 2. The van der Waals surface area contributed by atoms with Crippen LogP contribution in [0.3, 0.4) is 0 Å². The molecule has 0 saturated carbocycles. The molecule has 1 unspecified atom stereocenters. The van der Waals surface area contributed by atoms with Gasteiger partial charge in [-0.15, -0.1) is 0 Å². The average molecular weight is 587 g/mol. The molecule has 1 aromatic carbocycles. The molecule has 11 heteroatoms. The number of benzene rings is 1. The Labute approximate surface area is 247 Å². The molecule has 5 aromatic rings. The van der Waals surface area contributed by atoms with Gasteiger partial charge < -0.3 is 19.1 Å². The highest BCUT2D eigenvalue weighted by Gasteiger charge is 2.26. The molecule has 0 spiro atoms. The Kier molecular flexibility index (Phi) is 7.27. The van der Waals surface area contributed by atoms with Gasteiger partial charge in [-0.3, -0.25) is 4.90 Å². The molecule has 0 amide bonds. The standard InChI is InChI=1S/C31H31ClN6O4/c32-24-16-33-38-12-6-20(14-27(24)38)19-42-30-3-1-2-25(35-30)21-7-10-36(11-8-21)18-29-34-26-5-4-22(31(39)40)15-28(26)37(29)17-23-9-13-41-23/h1-6,12,14-16,21,23H,7-11,13,17-19H2,(H,39,40). The van der Waals surface area contributed by atoms with Gasteiger partial charge in [-0.05, 0) is 74.3 Å². The van der Waals surface area contributed by atoms with Crippen molar-refractivity contribution in [3.05, 3.63) is 88.6 Å². The summed E-state index contributed by atoms with van der Waals surface area (Å²) < 4.78 is 15.6. The van der Waals surface area contributed by atoms with Crippen LogP contribution in [0.15, 0.2) is 60.9 Å². The number of rotatable bonds is 9. The Morgan fingerprint density at radius 3 is 2.71 bits per heavy atom. The lowest BCUT2D eigenvalue weighted by Crippen LogP contribution is -2.35. The summed E-state index contributed by atoms with van der Waals surface area (Å²) in [5.74, 6) is 0.983. The number of carbonyl (C=O) groups is 1. The van der Waals surface area contributed by atoms with E-state index in [2.05, 4.69) is 20.6 Å². The minimum Gasteiger partial charge on any atom is -0.478 e. The first kappa shape index (κ1) is 26.9. The molecule has 0 aliphatic carbocycles. The van der Waals surface area contributed by atoms with Gasteiger partial charge in [-0.2, -0.15) is 5.10 Å². The first-order valence-electron chi connectivity index (χ1n) is 14.3. The van der Waals surface area contributed by atoms with E-state index in [0.717, 1.165) is 72.6 Å². The smallest absolute Gasteiger partial charge is 0.335 e. The van der Waals surface area contributed by atoms with Crippen molar-refractivity contribution in [3.63, 3.8) is 0 Å². The molecule has 7 rings (SSSR count). The largest absolute Gasteiger partial charge is 0.478 e. The number of nitrogens with zero attached hydrogens (tertiary/aromatic N) is 6. The molecule has 4 aromatic heterocycles. The number of imidazole rings is 1. The van der Waals surface area contributed by atoms with Crippen molar-refractivity contribution in [1.29, 1.82) is 0 Å². The second-order valence-corrected chi connectivity index (χ2v) is 11.4. The fraction of sp³-hybridized carbons (Fsp3) is 0.355. The molecule has 2 aliphatic rings. The van der Waals surface area contributed by atoms with Crippen LogP contribution < -0.4 is 4.74 Å². The van der Waals surface area contributed by atoms with E-state index in [1.54, 1.807) is 28.9 Å². The van der Waals surface area contributed by atoms with Crippen LogP contribution in [-0.4, -0.2) is 65.9 Å². The second-order valence-electron chi connectivity index (χ2n) is 11.0. The van der Waals surface area contributed by atoms with Crippen LogP contribution in [0.4, 0.5) is 0 Å². The number of hydrogen-bond acceptors (Lipinski definition) is 7. The van der Waals surface area contributed by atoms with Crippen molar-refractivity contribution in [2.24, 2.45) is 0 Å². The van der Waals surface area contributed by atoms with Gasteiger partial charge in [0.2, 0.25) is 5.88 Å². The van der Waals surface area contributed by atoms with Gasteiger partial charge in [0.15, 0.2) is 0 Å². The zero-order valence-electron chi connectivity index (χ0n) is 23.0. The number of likely N-dealkylation sites (tertiary alicyclic amines) is 1. The normalized spacial score (nSPS) is 18.0. The first-order chi connectivity index (χ1) is 20.5. The zero-order chi connectivity index (χ0) is 28.6. The van der Waals surface area contributed by atoms with Crippen molar-refractivity contribution in [1.82, 2.24) is 29.0 Å². The van der Waals surface area contributed by atoms with Crippen molar-refractivity contribution >= 4 is 34.1 Å². The van der Waals surface area contributed by atoms with Crippen LogP contribution in [0.5, 0.6) is 5.88 Å². The number of halogens is 1. The number of aromatic carboxylic acids is 1. The predicted molar refractivity (Wildman–Crippen MR) is 157 cm³/mol. The van der Waals surface area contributed by atoms with Crippen LogP contribution >= 0.6 is 11.6 Å². The minimum absolute atomic E-state index is 0.146. The van der Waals surface area contributed by atoms with E-state index in [-0.39, 0.29) is 11.7 Å². The van der Waals surface area contributed by atoms with E-state index in [1.807, 2.05) is 30.5 Å². The van der Waals surface area contributed by atoms with Crippen LogP contribution in [0.2, 0.25) is 5.02 Å². The van der Waals surface area contributed by atoms with Crippen LogP contribution in [-0.2, 0) is 24.4 Å². The van der Waals surface area contributed by atoms with Crippen LogP contribution in [0, 0.1) is 0 Å². The minimum atomic E-state index is -0.933. The summed E-state index contributed by atoms with van der Waals surface area (Å²) in [7, 11) is 0. The molecule has 1 atom stereocenters. The third-order valence-corrected chi connectivity index (χ3v) is 8.59. The van der Waals surface area contributed by atoms with Crippen molar-refractivity contribution in [3.8, 4) is 5.88 Å². The molecule has 0 radical (unpaired) electrons. The molecular weight excluding hydrogens is 556 g/mol. The molecule has 2 aliphatic heterocycles. The number of pyridine rings is 2.